The first-order valence-corrected chi connectivity index (χ1v) is 13.9. The highest BCUT2D eigenvalue weighted by molar-refractivity contribution is 5.84. The fourth-order valence-corrected chi connectivity index (χ4v) is 5.43. The molecule has 1 fully saturated rings. The van der Waals surface area contributed by atoms with Crippen molar-refractivity contribution in [1.29, 1.82) is 0 Å². The van der Waals surface area contributed by atoms with Gasteiger partial charge in [-0.1, -0.05) is 112 Å². The molecule has 1 atom stereocenters. The number of piperazine rings is 1. The van der Waals surface area contributed by atoms with Gasteiger partial charge in [0.1, 0.15) is 6.54 Å². The second-order valence-corrected chi connectivity index (χ2v) is 11.4. The molecule has 1 aliphatic rings. The molecule has 0 radical (unpaired) electrons. The van der Waals surface area contributed by atoms with Crippen molar-refractivity contribution in [3.8, 4) is 0 Å². The van der Waals surface area contributed by atoms with Crippen LogP contribution in [0.5, 0.6) is 0 Å². The second-order valence-electron chi connectivity index (χ2n) is 11.4. The molecule has 0 aromatic heterocycles. The standard InChI is InChI=1S/C35H39N3O/c1-35(2,3)30-21-19-29(20-22-30)34(28-13-7-4-8-14-28)37-25-23-36(24-26-37)33(39)27-38(31-15-9-5-10-16-31)32-17-11-6-12-18-32/h4-22,34H,23-27H2,1-3H3. The molecule has 0 bridgehead atoms. The van der Waals surface area contributed by atoms with Gasteiger partial charge in [-0.05, 0) is 46.4 Å². The Bertz CT molecular complexity index is 1280. The predicted octanol–water partition coefficient (Wildman–Crippen LogP) is 7.06. The van der Waals surface area contributed by atoms with E-state index in [1.165, 1.54) is 16.7 Å². The van der Waals surface area contributed by atoms with E-state index in [1.807, 2.05) is 41.3 Å². The number of benzene rings is 4. The van der Waals surface area contributed by atoms with Crippen LogP contribution in [0.2, 0.25) is 0 Å². The number of carbonyl (C=O) groups is 1. The largest absolute Gasteiger partial charge is 0.339 e. The van der Waals surface area contributed by atoms with Crippen LogP contribution in [0.1, 0.15) is 43.5 Å². The quantitative estimate of drug-likeness (QED) is 0.263. The third-order valence-corrected chi connectivity index (χ3v) is 7.67. The summed E-state index contributed by atoms with van der Waals surface area (Å²) in [6.07, 6.45) is 0. The van der Waals surface area contributed by atoms with Crippen LogP contribution >= 0.6 is 0 Å². The Morgan fingerprint density at radius 1 is 0.667 bits per heavy atom. The minimum atomic E-state index is 0.125. The molecule has 1 unspecified atom stereocenters. The maximum atomic E-state index is 13.6. The van der Waals surface area contributed by atoms with Crippen LogP contribution in [0, 0.1) is 0 Å². The molecule has 1 saturated heterocycles. The van der Waals surface area contributed by atoms with Crippen molar-refractivity contribution in [2.45, 2.75) is 32.2 Å². The fourth-order valence-electron chi connectivity index (χ4n) is 5.43. The zero-order chi connectivity index (χ0) is 27.2. The summed E-state index contributed by atoms with van der Waals surface area (Å²) in [7, 11) is 0. The van der Waals surface area contributed by atoms with Gasteiger partial charge in [-0.25, -0.2) is 0 Å². The van der Waals surface area contributed by atoms with Crippen molar-refractivity contribution in [3.05, 3.63) is 132 Å². The van der Waals surface area contributed by atoms with E-state index in [1.54, 1.807) is 0 Å². The van der Waals surface area contributed by atoms with E-state index in [-0.39, 0.29) is 17.4 Å². The molecule has 0 N–H and O–H groups in total. The number of nitrogens with zero attached hydrogens (tertiary/aromatic N) is 3. The minimum absolute atomic E-state index is 0.125. The van der Waals surface area contributed by atoms with E-state index in [2.05, 4.69) is 109 Å². The first-order valence-electron chi connectivity index (χ1n) is 13.9. The fraction of sp³-hybridized carbons (Fsp3) is 0.286. The maximum Gasteiger partial charge on any atom is 0.242 e. The topological polar surface area (TPSA) is 26.8 Å². The molecule has 4 nitrogen and oxygen atoms in total. The summed E-state index contributed by atoms with van der Waals surface area (Å²) in [5.74, 6) is 0.160. The molecule has 1 heterocycles. The van der Waals surface area contributed by atoms with E-state index in [0.29, 0.717) is 6.54 Å². The summed E-state index contributed by atoms with van der Waals surface area (Å²) >= 11 is 0. The Labute approximate surface area is 233 Å². The summed E-state index contributed by atoms with van der Waals surface area (Å²) in [5.41, 5.74) is 6.11. The lowest BCUT2D eigenvalue weighted by atomic mass is 9.85. The Hall–Kier alpha value is -3.89. The number of hydrogen-bond donors (Lipinski definition) is 0. The van der Waals surface area contributed by atoms with Crippen molar-refractivity contribution in [3.63, 3.8) is 0 Å². The van der Waals surface area contributed by atoms with Gasteiger partial charge in [0.15, 0.2) is 0 Å². The third kappa shape index (κ3) is 6.40. The lowest BCUT2D eigenvalue weighted by Gasteiger charge is -2.40. The first-order chi connectivity index (χ1) is 18.9. The van der Waals surface area contributed by atoms with Crippen LogP contribution in [0.3, 0.4) is 0 Å². The van der Waals surface area contributed by atoms with E-state index < -0.39 is 0 Å². The maximum absolute atomic E-state index is 13.6. The van der Waals surface area contributed by atoms with E-state index in [0.717, 1.165) is 37.6 Å². The molecule has 0 spiro atoms. The Balaban J connectivity index is 1.31. The van der Waals surface area contributed by atoms with Gasteiger partial charge in [0.05, 0.1) is 6.04 Å². The van der Waals surface area contributed by atoms with Crippen LogP contribution in [0.4, 0.5) is 11.4 Å². The van der Waals surface area contributed by atoms with Gasteiger partial charge < -0.3 is 9.80 Å². The Morgan fingerprint density at radius 3 is 1.62 bits per heavy atom. The van der Waals surface area contributed by atoms with E-state index in [9.17, 15) is 4.79 Å². The molecule has 39 heavy (non-hydrogen) atoms. The van der Waals surface area contributed by atoms with Crippen LogP contribution < -0.4 is 4.90 Å². The average Bonchev–Trinajstić information content (AvgIpc) is 2.97. The second kappa shape index (κ2) is 11.9. The van der Waals surface area contributed by atoms with Gasteiger partial charge in [-0.3, -0.25) is 9.69 Å². The smallest absolute Gasteiger partial charge is 0.242 e. The van der Waals surface area contributed by atoms with Crippen molar-refractivity contribution in [2.24, 2.45) is 0 Å². The third-order valence-electron chi connectivity index (χ3n) is 7.67. The zero-order valence-electron chi connectivity index (χ0n) is 23.3. The molecular formula is C35H39N3O. The molecule has 4 heteroatoms. The van der Waals surface area contributed by atoms with Crippen LogP contribution in [-0.2, 0) is 10.2 Å². The highest BCUT2D eigenvalue weighted by Gasteiger charge is 2.29. The zero-order valence-corrected chi connectivity index (χ0v) is 23.3. The molecule has 0 saturated carbocycles. The summed E-state index contributed by atoms with van der Waals surface area (Å²) in [6.45, 7) is 10.2. The number of hydrogen-bond acceptors (Lipinski definition) is 3. The SMILES string of the molecule is CC(C)(C)c1ccc(C(c2ccccc2)N2CCN(C(=O)CN(c3ccccc3)c3ccccc3)CC2)cc1. The lowest BCUT2D eigenvalue weighted by Crippen LogP contribution is -2.51. The Kier molecular flexibility index (Phi) is 8.13. The molecular weight excluding hydrogens is 478 g/mol. The molecule has 200 valence electrons. The van der Waals surface area contributed by atoms with Crippen LogP contribution in [-0.4, -0.2) is 48.4 Å². The van der Waals surface area contributed by atoms with Crippen molar-refractivity contribution >= 4 is 17.3 Å². The lowest BCUT2D eigenvalue weighted by molar-refractivity contribution is -0.131. The highest BCUT2D eigenvalue weighted by atomic mass is 16.2. The number of amides is 1. The average molecular weight is 518 g/mol. The van der Waals surface area contributed by atoms with Crippen molar-refractivity contribution < 1.29 is 4.79 Å². The van der Waals surface area contributed by atoms with E-state index in [4.69, 9.17) is 0 Å². The van der Waals surface area contributed by atoms with Gasteiger partial charge in [-0.15, -0.1) is 0 Å². The van der Waals surface area contributed by atoms with Crippen molar-refractivity contribution in [1.82, 2.24) is 9.80 Å². The number of carbonyl (C=O) groups excluding carboxylic acids is 1. The molecule has 4 aromatic rings. The van der Waals surface area contributed by atoms with Gasteiger partial charge in [0, 0.05) is 37.6 Å². The number of rotatable bonds is 7. The van der Waals surface area contributed by atoms with Gasteiger partial charge in [-0.2, -0.15) is 0 Å². The van der Waals surface area contributed by atoms with Crippen LogP contribution in [0.15, 0.2) is 115 Å². The van der Waals surface area contributed by atoms with Crippen molar-refractivity contribution in [2.75, 3.05) is 37.6 Å². The number of para-hydroxylation sites is 2. The first kappa shape index (κ1) is 26.7. The molecule has 0 aliphatic carbocycles. The summed E-state index contributed by atoms with van der Waals surface area (Å²) in [6, 6.07) is 40.4. The van der Waals surface area contributed by atoms with Gasteiger partial charge in [0.25, 0.3) is 0 Å². The van der Waals surface area contributed by atoms with E-state index >= 15 is 0 Å². The van der Waals surface area contributed by atoms with Gasteiger partial charge in [0.2, 0.25) is 5.91 Å². The summed E-state index contributed by atoms with van der Waals surface area (Å²) in [5, 5.41) is 0. The molecule has 1 amide bonds. The monoisotopic (exact) mass is 517 g/mol. The minimum Gasteiger partial charge on any atom is -0.339 e. The molecule has 4 aromatic carbocycles. The predicted molar refractivity (Wildman–Crippen MR) is 161 cm³/mol. The highest BCUT2D eigenvalue weighted by Crippen LogP contribution is 2.32. The van der Waals surface area contributed by atoms with Gasteiger partial charge >= 0.3 is 0 Å². The summed E-state index contributed by atoms with van der Waals surface area (Å²) in [4.78, 5) is 20.2. The number of anilines is 2. The van der Waals surface area contributed by atoms with Crippen LogP contribution in [0.25, 0.3) is 0 Å². The molecule has 1 aliphatic heterocycles. The normalized spacial score (nSPS) is 15.1. The summed E-state index contributed by atoms with van der Waals surface area (Å²) < 4.78 is 0. The Morgan fingerprint density at radius 2 is 1.13 bits per heavy atom. The molecule has 5 rings (SSSR count).